The molecule has 2 atom stereocenters. The van der Waals surface area contributed by atoms with Gasteiger partial charge in [0.25, 0.3) is 0 Å². The van der Waals surface area contributed by atoms with E-state index in [0.717, 1.165) is 32.6 Å². The smallest absolute Gasteiger partial charge is 0.0818 e. The second-order valence-electron chi connectivity index (χ2n) is 5.47. The summed E-state index contributed by atoms with van der Waals surface area (Å²) in [6.07, 6.45) is 9.97. The van der Waals surface area contributed by atoms with Crippen LogP contribution in [0.25, 0.3) is 0 Å². The molecule has 3 aliphatic rings. The van der Waals surface area contributed by atoms with E-state index in [1.54, 1.807) is 0 Å². The van der Waals surface area contributed by atoms with Crippen molar-refractivity contribution in [3.63, 3.8) is 0 Å². The van der Waals surface area contributed by atoms with Gasteiger partial charge in [0.15, 0.2) is 0 Å². The SMILES string of the molecule is OC1(CN2C3C=CCC2CC3)CCOCC1. The molecule has 3 nitrogen and oxygen atoms in total. The zero-order valence-corrected chi connectivity index (χ0v) is 9.77. The third-order valence-electron chi connectivity index (χ3n) is 4.36. The summed E-state index contributed by atoms with van der Waals surface area (Å²) >= 11 is 0. The first kappa shape index (κ1) is 10.8. The molecule has 3 aliphatic heterocycles. The highest BCUT2D eigenvalue weighted by Gasteiger charge is 2.40. The summed E-state index contributed by atoms with van der Waals surface area (Å²) < 4.78 is 5.33. The van der Waals surface area contributed by atoms with E-state index in [4.69, 9.17) is 4.74 Å². The topological polar surface area (TPSA) is 32.7 Å². The molecule has 2 unspecified atom stereocenters. The molecule has 2 fully saturated rings. The fourth-order valence-corrected chi connectivity index (χ4v) is 3.31. The van der Waals surface area contributed by atoms with Crippen molar-refractivity contribution < 1.29 is 9.84 Å². The largest absolute Gasteiger partial charge is 0.388 e. The van der Waals surface area contributed by atoms with E-state index in [2.05, 4.69) is 17.1 Å². The van der Waals surface area contributed by atoms with Gasteiger partial charge in [0.2, 0.25) is 0 Å². The van der Waals surface area contributed by atoms with Crippen molar-refractivity contribution in [1.29, 1.82) is 0 Å². The number of aliphatic hydroxyl groups is 1. The Morgan fingerprint density at radius 3 is 2.88 bits per heavy atom. The Kier molecular flexibility index (Phi) is 2.78. The van der Waals surface area contributed by atoms with Gasteiger partial charge in [-0.15, -0.1) is 0 Å². The van der Waals surface area contributed by atoms with Crippen LogP contribution in [0.4, 0.5) is 0 Å². The quantitative estimate of drug-likeness (QED) is 0.717. The molecule has 0 radical (unpaired) electrons. The molecule has 2 saturated heterocycles. The summed E-state index contributed by atoms with van der Waals surface area (Å²) in [5.74, 6) is 0. The van der Waals surface area contributed by atoms with Crippen LogP contribution >= 0.6 is 0 Å². The number of hydrogen-bond acceptors (Lipinski definition) is 3. The van der Waals surface area contributed by atoms with Crippen molar-refractivity contribution in [2.45, 2.75) is 49.8 Å². The highest BCUT2D eigenvalue weighted by atomic mass is 16.5. The molecule has 2 bridgehead atoms. The van der Waals surface area contributed by atoms with E-state index in [1.165, 1.54) is 19.3 Å². The normalized spacial score (nSPS) is 37.8. The molecule has 0 aromatic rings. The Bertz CT molecular complexity index is 284. The first-order valence-electron chi connectivity index (χ1n) is 6.49. The van der Waals surface area contributed by atoms with E-state index in [1.807, 2.05) is 0 Å². The lowest BCUT2D eigenvalue weighted by Gasteiger charge is -2.40. The van der Waals surface area contributed by atoms with E-state index >= 15 is 0 Å². The van der Waals surface area contributed by atoms with Gasteiger partial charge in [-0.3, -0.25) is 4.90 Å². The molecule has 0 spiro atoms. The second-order valence-corrected chi connectivity index (χ2v) is 5.47. The molecule has 0 aromatic heterocycles. The summed E-state index contributed by atoms with van der Waals surface area (Å²) in [6, 6.07) is 1.27. The Labute approximate surface area is 97.1 Å². The fourth-order valence-electron chi connectivity index (χ4n) is 3.31. The maximum absolute atomic E-state index is 10.5. The lowest BCUT2D eigenvalue weighted by Crippen LogP contribution is -2.51. The highest BCUT2D eigenvalue weighted by Crippen LogP contribution is 2.34. The third-order valence-corrected chi connectivity index (χ3v) is 4.36. The predicted molar refractivity (Wildman–Crippen MR) is 62.3 cm³/mol. The maximum atomic E-state index is 10.5. The van der Waals surface area contributed by atoms with Gasteiger partial charge in [-0.05, 0) is 19.3 Å². The van der Waals surface area contributed by atoms with Crippen molar-refractivity contribution in [2.24, 2.45) is 0 Å². The molecular weight excluding hydrogens is 202 g/mol. The lowest BCUT2D eigenvalue weighted by molar-refractivity contribution is -0.0848. The van der Waals surface area contributed by atoms with Gasteiger partial charge < -0.3 is 9.84 Å². The molecule has 3 heteroatoms. The fraction of sp³-hybridized carbons (Fsp3) is 0.846. The average molecular weight is 223 g/mol. The first-order chi connectivity index (χ1) is 7.77. The minimum atomic E-state index is -0.496. The van der Waals surface area contributed by atoms with Crippen LogP contribution < -0.4 is 0 Å². The minimum Gasteiger partial charge on any atom is -0.388 e. The molecule has 0 amide bonds. The molecule has 90 valence electrons. The van der Waals surface area contributed by atoms with Crippen LogP contribution in [-0.4, -0.2) is 47.4 Å². The zero-order chi connectivity index (χ0) is 11.0. The summed E-state index contributed by atoms with van der Waals surface area (Å²) in [5.41, 5.74) is -0.496. The van der Waals surface area contributed by atoms with Crippen molar-refractivity contribution >= 4 is 0 Å². The molecular formula is C13H21NO2. The molecule has 3 heterocycles. The van der Waals surface area contributed by atoms with Crippen molar-refractivity contribution in [3.8, 4) is 0 Å². The average Bonchev–Trinajstić information content (AvgIpc) is 2.52. The van der Waals surface area contributed by atoms with Crippen LogP contribution in [0, 0.1) is 0 Å². The third kappa shape index (κ3) is 1.92. The molecule has 3 rings (SSSR count). The van der Waals surface area contributed by atoms with Crippen LogP contribution in [-0.2, 0) is 4.74 Å². The Balaban J connectivity index is 1.68. The number of hydrogen-bond donors (Lipinski definition) is 1. The van der Waals surface area contributed by atoms with Crippen LogP contribution in [0.1, 0.15) is 32.1 Å². The second kappa shape index (κ2) is 4.13. The highest BCUT2D eigenvalue weighted by molar-refractivity contribution is 5.09. The Morgan fingerprint density at radius 1 is 1.31 bits per heavy atom. The standard InChI is InChI=1S/C13H21NO2/c15-13(6-8-16-9-7-13)10-14-11-2-1-3-12(14)5-4-11/h1-2,11-12,15H,3-10H2. The van der Waals surface area contributed by atoms with Gasteiger partial charge in [0.05, 0.1) is 5.60 Å². The van der Waals surface area contributed by atoms with Crippen LogP contribution in [0.2, 0.25) is 0 Å². The van der Waals surface area contributed by atoms with E-state index in [-0.39, 0.29) is 0 Å². The molecule has 0 saturated carbocycles. The monoisotopic (exact) mass is 223 g/mol. The van der Waals surface area contributed by atoms with E-state index < -0.39 is 5.60 Å². The van der Waals surface area contributed by atoms with Crippen molar-refractivity contribution in [1.82, 2.24) is 4.90 Å². The van der Waals surface area contributed by atoms with Gasteiger partial charge in [-0.2, -0.15) is 0 Å². The summed E-state index contributed by atoms with van der Waals surface area (Å²) in [4.78, 5) is 2.52. The summed E-state index contributed by atoms with van der Waals surface area (Å²) in [7, 11) is 0. The van der Waals surface area contributed by atoms with Crippen molar-refractivity contribution in [3.05, 3.63) is 12.2 Å². The van der Waals surface area contributed by atoms with Crippen LogP contribution in [0.3, 0.4) is 0 Å². The van der Waals surface area contributed by atoms with Gasteiger partial charge in [-0.25, -0.2) is 0 Å². The summed E-state index contributed by atoms with van der Waals surface area (Å²) in [5, 5.41) is 10.5. The zero-order valence-electron chi connectivity index (χ0n) is 9.77. The molecule has 0 aliphatic carbocycles. The molecule has 16 heavy (non-hydrogen) atoms. The minimum absolute atomic E-state index is 0.496. The first-order valence-corrected chi connectivity index (χ1v) is 6.49. The number of rotatable bonds is 2. The maximum Gasteiger partial charge on any atom is 0.0818 e. The van der Waals surface area contributed by atoms with Gasteiger partial charge in [0.1, 0.15) is 0 Å². The summed E-state index contributed by atoms with van der Waals surface area (Å²) in [6.45, 7) is 2.28. The van der Waals surface area contributed by atoms with Crippen LogP contribution in [0.5, 0.6) is 0 Å². The number of nitrogens with zero attached hydrogens (tertiary/aromatic N) is 1. The van der Waals surface area contributed by atoms with Gasteiger partial charge in [0, 0.05) is 44.7 Å². The molecule has 0 aromatic carbocycles. The van der Waals surface area contributed by atoms with E-state index in [0.29, 0.717) is 12.1 Å². The lowest BCUT2D eigenvalue weighted by atomic mass is 9.92. The van der Waals surface area contributed by atoms with Gasteiger partial charge >= 0.3 is 0 Å². The molecule has 1 N–H and O–H groups in total. The number of fused-ring (bicyclic) bond motifs is 2. The number of ether oxygens (including phenoxy) is 1. The Hall–Kier alpha value is -0.380. The van der Waals surface area contributed by atoms with Crippen molar-refractivity contribution in [2.75, 3.05) is 19.8 Å². The van der Waals surface area contributed by atoms with E-state index in [9.17, 15) is 5.11 Å². The van der Waals surface area contributed by atoms with Crippen LogP contribution in [0.15, 0.2) is 12.2 Å². The predicted octanol–water partition coefficient (Wildman–Crippen LogP) is 1.32. The Morgan fingerprint density at radius 2 is 2.12 bits per heavy atom. The van der Waals surface area contributed by atoms with Gasteiger partial charge in [-0.1, -0.05) is 12.2 Å².